The van der Waals surface area contributed by atoms with Gasteiger partial charge in [-0.05, 0) is 25.7 Å². The molecule has 0 fully saturated rings. The van der Waals surface area contributed by atoms with Gasteiger partial charge in [0.15, 0.2) is 0 Å². The fraction of sp³-hybridized carbons (Fsp3) is 0.750. The minimum Gasteiger partial charge on any atom is -0.147 e. The van der Waals surface area contributed by atoms with Crippen molar-refractivity contribution in [2.45, 2.75) is 38.9 Å². The van der Waals surface area contributed by atoms with Crippen LogP contribution < -0.4 is 0 Å². The van der Waals surface area contributed by atoms with Crippen molar-refractivity contribution >= 4 is 46.8 Å². The molecule has 1 aliphatic carbocycles. The van der Waals surface area contributed by atoms with Crippen LogP contribution in [0.4, 0.5) is 0 Å². The van der Waals surface area contributed by atoms with E-state index < -0.39 is 0 Å². The van der Waals surface area contributed by atoms with E-state index in [0.29, 0.717) is 0 Å². The lowest BCUT2D eigenvalue weighted by atomic mass is 9.27. The summed E-state index contributed by atoms with van der Waals surface area (Å²) in [4.78, 5) is 0. The van der Waals surface area contributed by atoms with Crippen LogP contribution in [0.15, 0.2) is 12.2 Å². The van der Waals surface area contributed by atoms with Gasteiger partial charge in [0.1, 0.15) is 0 Å². The summed E-state index contributed by atoms with van der Waals surface area (Å²) in [6.45, 7) is 2.04. The predicted molar refractivity (Wildman–Crippen MR) is 69.8 cm³/mol. The average molecular weight is 217 g/mol. The Balaban J connectivity index is -0.000000136. The lowest BCUT2D eigenvalue weighted by Crippen LogP contribution is -1.98. The first-order valence-electron chi connectivity index (χ1n) is 4.43. The normalized spacial score (nSPS) is 12.4. The van der Waals surface area contributed by atoms with Crippen LogP contribution in [0.25, 0.3) is 0 Å². The molecule has 0 amide bonds. The second kappa shape index (κ2) is 18.3. The van der Waals surface area contributed by atoms with Gasteiger partial charge in [-0.15, -0.1) is 24.8 Å². The fourth-order valence-electron chi connectivity index (χ4n) is 0.896. The molecule has 72 valence electrons. The minimum absolute atomic E-state index is 0. The number of halogens is 2. The first kappa shape index (κ1) is 19.1. The molecule has 0 aromatic carbocycles. The van der Waals surface area contributed by atoms with Crippen LogP contribution in [0, 0.1) is 0 Å². The molecule has 0 atom stereocenters. The predicted octanol–water partition coefficient (Wildman–Crippen LogP) is 2.79. The van der Waals surface area contributed by atoms with Crippen LogP contribution in [-0.2, 0) is 0 Å². The Bertz CT molecular complexity index is 89.4. The second-order valence-electron chi connectivity index (χ2n) is 2.59. The first-order chi connectivity index (χ1) is 5.41. The van der Waals surface area contributed by atoms with Crippen molar-refractivity contribution in [3.8, 4) is 0 Å². The molecule has 0 unspecified atom stereocenters. The number of allylic oxidation sites excluding steroid dienone is 2. The van der Waals surface area contributed by atoms with Crippen molar-refractivity contribution in [3.05, 3.63) is 12.2 Å². The summed E-state index contributed by atoms with van der Waals surface area (Å²) in [5.41, 5.74) is 0. The monoisotopic (exact) mass is 216 g/mol. The van der Waals surface area contributed by atoms with E-state index in [9.17, 15) is 0 Å². The van der Waals surface area contributed by atoms with E-state index in [2.05, 4.69) is 12.2 Å². The molecule has 0 N–H and O–H groups in total. The molecule has 0 nitrogen and oxygen atoms in total. The molecule has 0 aromatic rings. The number of rotatable bonds is 2. The Morgan fingerprint density at radius 3 is 1.69 bits per heavy atom. The average Bonchev–Trinajstić information content (AvgIpc) is 2.10. The number of hydrogen-bond acceptors (Lipinski definition) is 0. The van der Waals surface area contributed by atoms with Crippen LogP contribution in [0.1, 0.15) is 32.6 Å². The van der Waals surface area contributed by atoms with Gasteiger partial charge in [0.25, 0.3) is 0 Å². The van der Waals surface area contributed by atoms with E-state index in [1.54, 1.807) is 7.06 Å². The van der Waals surface area contributed by atoms with Crippen LogP contribution in [-0.4, -0.2) is 22.0 Å². The zero-order valence-corrected chi connectivity index (χ0v) is 9.87. The molecule has 1 aliphatic rings. The fourth-order valence-corrected chi connectivity index (χ4v) is 0.896. The molecule has 4 radical (unpaired) electrons. The van der Waals surface area contributed by atoms with Crippen molar-refractivity contribution in [2.75, 3.05) is 0 Å². The molecule has 0 spiro atoms. The summed E-state index contributed by atoms with van der Waals surface area (Å²) in [6, 6.07) is 0. The maximum absolute atomic E-state index is 4.96. The molecule has 0 saturated heterocycles. The van der Waals surface area contributed by atoms with Crippen molar-refractivity contribution in [1.29, 1.82) is 0 Å². The van der Waals surface area contributed by atoms with E-state index >= 15 is 0 Å². The third-order valence-electron chi connectivity index (χ3n) is 1.53. The van der Waals surface area contributed by atoms with E-state index in [1.165, 1.54) is 25.7 Å². The highest BCUT2D eigenvalue weighted by atomic mass is 35.5. The zero-order valence-electron chi connectivity index (χ0n) is 8.24. The molecule has 1 rings (SSSR count). The largest absolute Gasteiger partial charge is 0.147 e. The third kappa shape index (κ3) is 19.1. The Kier molecular flexibility index (Phi) is 27.0. The van der Waals surface area contributed by atoms with Gasteiger partial charge in [-0.25, -0.2) is 0 Å². The first-order valence-corrected chi connectivity index (χ1v) is 4.43. The van der Waals surface area contributed by atoms with Gasteiger partial charge in [0, 0.05) is 14.8 Å². The lowest BCUT2D eigenvalue weighted by Gasteiger charge is -1.97. The van der Waals surface area contributed by atoms with Crippen LogP contribution in [0.5, 0.6) is 0 Å². The van der Waals surface area contributed by atoms with Gasteiger partial charge in [0.2, 0.25) is 0 Å². The molecular formula is C8H17B3Cl2. The van der Waals surface area contributed by atoms with E-state index in [-0.39, 0.29) is 24.8 Å². The quantitative estimate of drug-likeness (QED) is 0.492. The maximum atomic E-state index is 4.96. The summed E-state index contributed by atoms with van der Waals surface area (Å²) >= 11 is 0. The zero-order chi connectivity index (χ0) is 8.36. The highest BCUT2D eigenvalue weighted by Crippen LogP contribution is 2.07. The minimum atomic E-state index is 0. The van der Waals surface area contributed by atoms with E-state index in [0.717, 1.165) is 6.32 Å². The molecule has 0 aromatic heterocycles. The van der Waals surface area contributed by atoms with Gasteiger partial charge >= 0.3 is 0 Å². The molecule has 0 bridgehead atoms. The summed E-state index contributed by atoms with van der Waals surface area (Å²) < 4.78 is 0. The van der Waals surface area contributed by atoms with Crippen molar-refractivity contribution < 1.29 is 0 Å². The van der Waals surface area contributed by atoms with Gasteiger partial charge in [-0.3, -0.25) is 0 Å². The van der Waals surface area contributed by atoms with E-state index in [4.69, 9.17) is 7.74 Å². The Labute approximate surface area is 98.0 Å². The van der Waals surface area contributed by atoms with Crippen molar-refractivity contribution in [3.63, 3.8) is 0 Å². The summed E-state index contributed by atoms with van der Waals surface area (Å²) in [5.74, 6) is 0. The second-order valence-corrected chi connectivity index (χ2v) is 2.59. The smallest absolute Gasteiger partial charge is 0.0541 e. The SMILES string of the molecule is C1=CCCCC1.Cl.Cl.[B][B][B]CC. The maximum Gasteiger partial charge on any atom is 0.0541 e. The standard InChI is InChI=1S/C6H10.C2H5B3.2ClH/c1-2-4-6-5-3-1;1-2-4-5-3;;/h1-2H,3-6H2;2H2,1H3;2*1H. The highest BCUT2D eigenvalue weighted by molar-refractivity contribution is 7.23. The topological polar surface area (TPSA) is 0 Å². The van der Waals surface area contributed by atoms with Crippen LogP contribution in [0.2, 0.25) is 6.32 Å². The van der Waals surface area contributed by atoms with E-state index in [1.807, 2.05) is 14.1 Å². The Morgan fingerprint density at radius 2 is 1.62 bits per heavy atom. The van der Waals surface area contributed by atoms with Gasteiger partial charge < -0.3 is 0 Å². The summed E-state index contributed by atoms with van der Waals surface area (Å²) in [7, 11) is 8.42. The van der Waals surface area contributed by atoms with Gasteiger partial charge in [-0.1, -0.05) is 25.4 Å². The van der Waals surface area contributed by atoms with Gasteiger partial charge in [-0.2, -0.15) is 0 Å². The van der Waals surface area contributed by atoms with Crippen molar-refractivity contribution in [2.24, 2.45) is 0 Å². The van der Waals surface area contributed by atoms with Crippen molar-refractivity contribution in [1.82, 2.24) is 0 Å². The molecule has 0 saturated carbocycles. The molecule has 13 heavy (non-hydrogen) atoms. The van der Waals surface area contributed by atoms with Gasteiger partial charge in [0.05, 0.1) is 7.17 Å². The number of hydrogen-bond donors (Lipinski definition) is 0. The molecular weight excluding hydrogens is 199 g/mol. The Hall–Kier alpha value is 0.515. The summed E-state index contributed by atoms with van der Waals surface area (Å²) in [6.07, 6.45) is 11.0. The Morgan fingerprint density at radius 1 is 1.15 bits per heavy atom. The molecule has 0 heterocycles. The highest BCUT2D eigenvalue weighted by Gasteiger charge is 1.87. The lowest BCUT2D eigenvalue weighted by molar-refractivity contribution is 0.730. The third-order valence-corrected chi connectivity index (χ3v) is 1.53. The van der Waals surface area contributed by atoms with Crippen LogP contribution in [0.3, 0.4) is 0 Å². The summed E-state index contributed by atoms with van der Waals surface area (Å²) in [5, 5.41) is 0. The molecule has 0 aliphatic heterocycles. The molecule has 5 heteroatoms. The van der Waals surface area contributed by atoms with Crippen LogP contribution >= 0.6 is 24.8 Å².